The van der Waals surface area contributed by atoms with Crippen molar-refractivity contribution in [3.8, 4) is 5.75 Å². The van der Waals surface area contributed by atoms with E-state index in [4.69, 9.17) is 4.74 Å². The van der Waals surface area contributed by atoms with Gasteiger partial charge in [0, 0.05) is 20.1 Å². The monoisotopic (exact) mass is 453 g/mol. The second kappa shape index (κ2) is 11.0. The topological polar surface area (TPSA) is 45.7 Å². The van der Waals surface area contributed by atoms with Crippen molar-refractivity contribution in [3.63, 3.8) is 0 Å². The van der Waals surface area contributed by atoms with Gasteiger partial charge in [-0.15, -0.1) is 24.0 Å². The molecule has 0 aliphatic rings. The Hall–Kier alpha value is -1.76. The molecule has 136 valence electrons. The summed E-state index contributed by atoms with van der Waals surface area (Å²) in [4.78, 5) is 4.27. The van der Waals surface area contributed by atoms with E-state index in [1.165, 1.54) is 16.7 Å². The van der Waals surface area contributed by atoms with E-state index in [0.29, 0.717) is 0 Å². The van der Waals surface area contributed by atoms with E-state index in [0.717, 1.165) is 24.8 Å². The summed E-state index contributed by atoms with van der Waals surface area (Å²) in [5.41, 5.74) is 3.74. The van der Waals surface area contributed by atoms with Crippen LogP contribution in [0, 0.1) is 6.92 Å². The first-order chi connectivity index (χ1) is 11.6. The number of nitrogens with one attached hydrogen (secondary N) is 2. The number of rotatable bonds is 6. The standard InChI is InChI=1S/C20H27N3O.HI/c1-15(2)24-19-11-9-17(10-12-19)13-22-20(21-4)23-14-18-8-6-5-7-16(18)3;/h5-12,15H,13-14H2,1-4H3,(H2,21,22,23);1H. The Bertz CT molecular complexity index is 669. The number of benzene rings is 2. The Morgan fingerprint density at radius 3 is 2.24 bits per heavy atom. The van der Waals surface area contributed by atoms with Crippen molar-refractivity contribution in [2.24, 2.45) is 4.99 Å². The van der Waals surface area contributed by atoms with Gasteiger partial charge >= 0.3 is 0 Å². The Balaban J connectivity index is 0.00000312. The van der Waals surface area contributed by atoms with Crippen LogP contribution in [0.15, 0.2) is 53.5 Å². The summed E-state index contributed by atoms with van der Waals surface area (Å²) in [5, 5.41) is 6.68. The summed E-state index contributed by atoms with van der Waals surface area (Å²) in [7, 11) is 1.78. The van der Waals surface area contributed by atoms with Gasteiger partial charge in [0.1, 0.15) is 5.75 Å². The maximum Gasteiger partial charge on any atom is 0.191 e. The first-order valence-corrected chi connectivity index (χ1v) is 8.33. The number of aryl methyl sites for hydroxylation is 1. The molecular formula is C20H28IN3O. The van der Waals surface area contributed by atoms with Gasteiger partial charge in [-0.3, -0.25) is 4.99 Å². The summed E-state index contributed by atoms with van der Waals surface area (Å²) in [6.07, 6.45) is 0.193. The number of nitrogens with zero attached hydrogens (tertiary/aromatic N) is 1. The molecule has 0 aliphatic carbocycles. The minimum absolute atomic E-state index is 0. The highest BCUT2D eigenvalue weighted by atomic mass is 127. The summed E-state index contributed by atoms with van der Waals surface area (Å²) in [5.74, 6) is 1.69. The van der Waals surface area contributed by atoms with Gasteiger partial charge in [0.15, 0.2) is 5.96 Å². The first kappa shape index (κ1) is 21.3. The van der Waals surface area contributed by atoms with Crippen LogP contribution in [0.4, 0.5) is 0 Å². The van der Waals surface area contributed by atoms with Crippen LogP contribution in [0.3, 0.4) is 0 Å². The molecule has 25 heavy (non-hydrogen) atoms. The lowest BCUT2D eigenvalue weighted by Gasteiger charge is -2.14. The van der Waals surface area contributed by atoms with Gasteiger partial charge in [-0.1, -0.05) is 36.4 Å². The Labute approximate surface area is 168 Å². The van der Waals surface area contributed by atoms with Crippen molar-refractivity contribution in [3.05, 3.63) is 65.2 Å². The van der Waals surface area contributed by atoms with Crippen molar-refractivity contribution in [1.29, 1.82) is 0 Å². The van der Waals surface area contributed by atoms with E-state index >= 15 is 0 Å². The molecule has 0 spiro atoms. The SMILES string of the molecule is CN=C(NCc1ccc(OC(C)C)cc1)NCc1ccccc1C.I. The molecule has 0 amide bonds. The molecule has 0 fully saturated rings. The molecule has 0 radical (unpaired) electrons. The molecule has 0 aliphatic heterocycles. The van der Waals surface area contributed by atoms with Gasteiger partial charge in [0.25, 0.3) is 0 Å². The van der Waals surface area contributed by atoms with Crippen molar-refractivity contribution in [1.82, 2.24) is 10.6 Å². The predicted molar refractivity (Wildman–Crippen MR) is 116 cm³/mol. The lowest BCUT2D eigenvalue weighted by molar-refractivity contribution is 0.242. The van der Waals surface area contributed by atoms with E-state index in [1.807, 2.05) is 26.0 Å². The third-order valence-electron chi connectivity index (χ3n) is 3.69. The molecule has 2 aromatic rings. The smallest absolute Gasteiger partial charge is 0.191 e. The third-order valence-corrected chi connectivity index (χ3v) is 3.69. The number of hydrogen-bond acceptors (Lipinski definition) is 2. The van der Waals surface area contributed by atoms with Crippen LogP contribution >= 0.6 is 24.0 Å². The number of aliphatic imine (C=N–C) groups is 1. The van der Waals surface area contributed by atoms with Crippen LogP contribution in [0.1, 0.15) is 30.5 Å². The zero-order valence-electron chi connectivity index (χ0n) is 15.4. The molecule has 2 aromatic carbocycles. The minimum atomic E-state index is 0. The fraction of sp³-hybridized carbons (Fsp3) is 0.350. The van der Waals surface area contributed by atoms with Crippen LogP contribution in [-0.2, 0) is 13.1 Å². The van der Waals surface area contributed by atoms with E-state index in [1.54, 1.807) is 7.05 Å². The lowest BCUT2D eigenvalue weighted by atomic mass is 10.1. The zero-order valence-corrected chi connectivity index (χ0v) is 17.7. The summed E-state index contributed by atoms with van der Waals surface area (Å²) in [6, 6.07) is 16.5. The Morgan fingerprint density at radius 2 is 1.64 bits per heavy atom. The highest BCUT2D eigenvalue weighted by Gasteiger charge is 2.02. The molecule has 2 N–H and O–H groups in total. The van der Waals surface area contributed by atoms with Crippen LogP contribution in [0.25, 0.3) is 0 Å². The van der Waals surface area contributed by atoms with Crippen LogP contribution in [0.5, 0.6) is 5.75 Å². The Kier molecular flexibility index (Phi) is 9.34. The quantitative estimate of drug-likeness (QED) is 0.390. The van der Waals surface area contributed by atoms with Crippen LogP contribution in [0.2, 0.25) is 0 Å². The van der Waals surface area contributed by atoms with Crippen molar-refractivity contribution in [2.75, 3.05) is 7.05 Å². The summed E-state index contributed by atoms with van der Waals surface area (Å²) >= 11 is 0. The number of guanidine groups is 1. The average Bonchev–Trinajstić information content (AvgIpc) is 2.57. The van der Waals surface area contributed by atoms with Gasteiger partial charge in [-0.25, -0.2) is 0 Å². The van der Waals surface area contributed by atoms with Gasteiger partial charge in [-0.05, 0) is 49.6 Å². The number of ether oxygens (including phenoxy) is 1. The zero-order chi connectivity index (χ0) is 17.4. The molecule has 5 heteroatoms. The second-order valence-corrected chi connectivity index (χ2v) is 6.02. The van der Waals surface area contributed by atoms with Gasteiger partial charge in [0.2, 0.25) is 0 Å². The molecule has 4 nitrogen and oxygen atoms in total. The number of halogens is 1. The third kappa shape index (κ3) is 7.34. The van der Waals surface area contributed by atoms with Crippen molar-refractivity contribution < 1.29 is 4.74 Å². The average molecular weight is 453 g/mol. The molecule has 0 saturated carbocycles. The first-order valence-electron chi connectivity index (χ1n) is 8.33. The van der Waals surface area contributed by atoms with Crippen LogP contribution in [-0.4, -0.2) is 19.1 Å². The van der Waals surface area contributed by atoms with E-state index in [-0.39, 0.29) is 30.1 Å². The van der Waals surface area contributed by atoms with Gasteiger partial charge in [-0.2, -0.15) is 0 Å². The summed E-state index contributed by atoms with van der Waals surface area (Å²) in [6.45, 7) is 7.65. The van der Waals surface area contributed by atoms with E-state index in [9.17, 15) is 0 Å². The van der Waals surface area contributed by atoms with Gasteiger partial charge < -0.3 is 15.4 Å². The van der Waals surface area contributed by atoms with Gasteiger partial charge in [0.05, 0.1) is 6.10 Å². The molecular weight excluding hydrogens is 425 g/mol. The normalized spacial score (nSPS) is 11.0. The maximum absolute atomic E-state index is 5.66. The molecule has 0 bridgehead atoms. The van der Waals surface area contributed by atoms with Crippen molar-refractivity contribution >= 4 is 29.9 Å². The molecule has 0 unspecified atom stereocenters. The summed E-state index contributed by atoms with van der Waals surface area (Å²) < 4.78 is 5.66. The molecule has 0 atom stereocenters. The molecule has 2 rings (SSSR count). The molecule has 0 heterocycles. The molecule has 0 saturated heterocycles. The fourth-order valence-corrected chi connectivity index (χ4v) is 2.35. The molecule has 0 aromatic heterocycles. The van der Waals surface area contributed by atoms with E-state index in [2.05, 4.69) is 58.9 Å². The second-order valence-electron chi connectivity index (χ2n) is 6.02. The largest absolute Gasteiger partial charge is 0.491 e. The number of hydrogen-bond donors (Lipinski definition) is 2. The van der Waals surface area contributed by atoms with Crippen LogP contribution < -0.4 is 15.4 Å². The maximum atomic E-state index is 5.66. The lowest BCUT2D eigenvalue weighted by Crippen LogP contribution is -2.36. The fourth-order valence-electron chi connectivity index (χ4n) is 2.35. The minimum Gasteiger partial charge on any atom is -0.491 e. The highest BCUT2D eigenvalue weighted by molar-refractivity contribution is 14.0. The predicted octanol–water partition coefficient (Wildman–Crippen LogP) is 4.27. The Morgan fingerprint density at radius 1 is 1.00 bits per heavy atom. The van der Waals surface area contributed by atoms with E-state index < -0.39 is 0 Å². The highest BCUT2D eigenvalue weighted by Crippen LogP contribution is 2.13. The van der Waals surface area contributed by atoms with Crippen molar-refractivity contribution in [2.45, 2.75) is 40.0 Å².